The zero-order valence-corrected chi connectivity index (χ0v) is 14.2. The second-order valence-electron chi connectivity index (χ2n) is 5.69. The van der Waals surface area contributed by atoms with Gasteiger partial charge in [0, 0.05) is 22.8 Å². The fourth-order valence-electron chi connectivity index (χ4n) is 2.77. The van der Waals surface area contributed by atoms with Gasteiger partial charge in [-0.2, -0.15) is 5.10 Å². The van der Waals surface area contributed by atoms with E-state index in [0.717, 1.165) is 16.0 Å². The van der Waals surface area contributed by atoms with Gasteiger partial charge >= 0.3 is 6.67 Å². The van der Waals surface area contributed by atoms with Crippen LogP contribution in [0.4, 0.5) is 0 Å². The van der Waals surface area contributed by atoms with Crippen molar-refractivity contribution >= 4 is 32.8 Å². The molecule has 0 unspecified atom stereocenters. The number of fused-ring (bicyclic) bond motifs is 2. The Kier molecular flexibility index (Phi) is 3.26. The molecule has 0 aromatic carbocycles. The summed E-state index contributed by atoms with van der Waals surface area (Å²) in [6.45, 7) is 7.68. The molecule has 26 heavy (non-hydrogen) atoms. The van der Waals surface area contributed by atoms with Gasteiger partial charge in [0.2, 0.25) is 5.65 Å². The van der Waals surface area contributed by atoms with Crippen LogP contribution < -0.4 is 0 Å². The van der Waals surface area contributed by atoms with Crippen molar-refractivity contribution in [1.29, 1.82) is 0 Å². The lowest BCUT2D eigenvalue weighted by atomic mass is 10.3. The van der Waals surface area contributed by atoms with Crippen molar-refractivity contribution < 1.29 is 0 Å². The van der Waals surface area contributed by atoms with Crippen molar-refractivity contribution in [2.24, 2.45) is 0 Å². The Bertz CT molecular complexity index is 1240. The van der Waals surface area contributed by atoms with Crippen LogP contribution in [-0.4, -0.2) is 39.7 Å². The third kappa shape index (κ3) is 2.42. The second kappa shape index (κ2) is 5.75. The largest absolute Gasteiger partial charge is 0.360 e. The predicted octanol–water partition coefficient (Wildman–Crippen LogP) is 2.55. The van der Waals surface area contributed by atoms with Crippen molar-refractivity contribution in [3.63, 3.8) is 0 Å². The van der Waals surface area contributed by atoms with E-state index in [1.54, 1.807) is 39.3 Å². The lowest BCUT2D eigenvalue weighted by molar-refractivity contribution is 0.671. The Morgan fingerprint density at radius 3 is 3.15 bits per heavy atom. The quantitative estimate of drug-likeness (QED) is 0.497. The summed E-state index contributed by atoms with van der Waals surface area (Å²) in [5, 5.41) is 12.4. The average Bonchev–Trinajstić information content (AvgIpc) is 3.39. The van der Waals surface area contributed by atoms with Gasteiger partial charge in [0.1, 0.15) is 0 Å². The smallest absolute Gasteiger partial charge is 0.307 e. The summed E-state index contributed by atoms with van der Waals surface area (Å²) >= 11 is 1.71. The molecule has 0 saturated carbocycles. The summed E-state index contributed by atoms with van der Waals surface area (Å²) in [5.41, 5.74) is 3.73. The molecule has 5 rings (SSSR count). The minimum atomic E-state index is 0.181. The Hall–Kier alpha value is -3.58. The number of H-pyrrole nitrogens is 1. The summed E-state index contributed by atoms with van der Waals surface area (Å²) in [6.07, 6.45) is 7.04. The molecule has 0 aliphatic heterocycles. The van der Waals surface area contributed by atoms with E-state index in [4.69, 9.17) is 6.57 Å². The minimum absolute atomic E-state index is 0.181. The molecule has 126 valence electrons. The molecule has 0 fully saturated rings. The molecule has 0 aliphatic rings. The van der Waals surface area contributed by atoms with Crippen molar-refractivity contribution in [1.82, 2.24) is 39.7 Å². The van der Waals surface area contributed by atoms with E-state index >= 15 is 0 Å². The summed E-state index contributed by atoms with van der Waals surface area (Å²) < 4.78 is 4.53. The molecule has 0 radical (unpaired) electrons. The minimum Gasteiger partial charge on any atom is -0.360 e. The number of nitrogens with zero attached hydrogens (tertiary/aromatic N) is 8. The van der Waals surface area contributed by atoms with Gasteiger partial charge < -0.3 is 4.98 Å². The van der Waals surface area contributed by atoms with Gasteiger partial charge in [-0.3, -0.25) is 4.85 Å². The van der Waals surface area contributed by atoms with E-state index in [1.807, 2.05) is 6.20 Å². The normalized spacial score (nSPS) is 11.3. The fraction of sp³-hybridized carbons (Fsp3) is 0.125. The highest BCUT2D eigenvalue weighted by Gasteiger charge is 2.13. The monoisotopic (exact) mass is 361 g/mol. The molecule has 0 spiro atoms. The molecular weight excluding hydrogens is 350 g/mol. The van der Waals surface area contributed by atoms with Crippen molar-refractivity contribution in [3.8, 4) is 11.3 Å². The Morgan fingerprint density at radius 2 is 2.27 bits per heavy atom. The van der Waals surface area contributed by atoms with Crippen LogP contribution in [0.3, 0.4) is 0 Å². The van der Waals surface area contributed by atoms with E-state index in [2.05, 4.69) is 47.3 Å². The van der Waals surface area contributed by atoms with Crippen LogP contribution in [0.15, 0.2) is 36.9 Å². The molecular formula is C16H11N9S. The highest BCUT2D eigenvalue weighted by atomic mass is 32.1. The van der Waals surface area contributed by atoms with Gasteiger partial charge in [0.15, 0.2) is 5.65 Å². The maximum Gasteiger partial charge on any atom is 0.307 e. The standard InChI is InChI=1S/C16H11N9S/c1-17-9-24-7-10(5-20-24)13-6-19-15-16(21-13)25(23-22-15)8-11-4-12-14(26-11)2-3-18-12/h2-7,18H,8-9H2. The first kappa shape index (κ1) is 14.7. The number of nitrogens with one attached hydrogen (secondary N) is 1. The van der Waals surface area contributed by atoms with Gasteiger partial charge in [-0.15, -0.1) is 16.4 Å². The predicted molar refractivity (Wildman–Crippen MR) is 96.2 cm³/mol. The van der Waals surface area contributed by atoms with E-state index in [0.29, 0.717) is 23.5 Å². The highest BCUT2D eigenvalue weighted by molar-refractivity contribution is 7.19. The first-order chi connectivity index (χ1) is 12.8. The number of thiophene rings is 1. The highest BCUT2D eigenvalue weighted by Crippen LogP contribution is 2.25. The van der Waals surface area contributed by atoms with Crippen molar-refractivity contribution in [2.45, 2.75) is 13.2 Å². The Morgan fingerprint density at radius 1 is 1.31 bits per heavy atom. The number of rotatable bonds is 4. The number of aromatic nitrogens is 8. The lowest BCUT2D eigenvalue weighted by Crippen LogP contribution is -2.02. The van der Waals surface area contributed by atoms with E-state index in [9.17, 15) is 0 Å². The molecule has 0 saturated heterocycles. The molecule has 0 bridgehead atoms. The van der Waals surface area contributed by atoms with Gasteiger partial charge in [0.05, 0.1) is 34.8 Å². The molecule has 0 atom stereocenters. The molecule has 0 aliphatic carbocycles. The third-order valence-electron chi connectivity index (χ3n) is 3.96. The Balaban J connectivity index is 1.51. The Labute approximate surface area is 150 Å². The van der Waals surface area contributed by atoms with Crippen LogP contribution >= 0.6 is 11.3 Å². The number of hydrogen-bond acceptors (Lipinski definition) is 6. The van der Waals surface area contributed by atoms with Crippen LogP contribution in [0.5, 0.6) is 0 Å². The molecule has 5 aromatic heterocycles. The molecule has 5 aromatic rings. The number of aromatic amines is 1. The van der Waals surface area contributed by atoms with E-state index < -0.39 is 0 Å². The van der Waals surface area contributed by atoms with Crippen molar-refractivity contribution in [3.05, 3.63) is 53.2 Å². The third-order valence-corrected chi connectivity index (χ3v) is 5.05. The van der Waals surface area contributed by atoms with E-state index in [1.165, 1.54) is 4.70 Å². The van der Waals surface area contributed by atoms with Crippen LogP contribution in [-0.2, 0) is 13.2 Å². The van der Waals surface area contributed by atoms with Crippen LogP contribution in [0.25, 0.3) is 37.6 Å². The van der Waals surface area contributed by atoms with Crippen LogP contribution in [0.1, 0.15) is 4.88 Å². The van der Waals surface area contributed by atoms with E-state index in [-0.39, 0.29) is 6.67 Å². The second-order valence-corrected chi connectivity index (χ2v) is 6.85. The van der Waals surface area contributed by atoms with Gasteiger partial charge in [-0.25, -0.2) is 25.9 Å². The van der Waals surface area contributed by atoms with Crippen LogP contribution in [0.2, 0.25) is 0 Å². The van der Waals surface area contributed by atoms with Gasteiger partial charge in [-0.05, 0) is 12.1 Å². The van der Waals surface area contributed by atoms with Gasteiger partial charge in [0.25, 0.3) is 0 Å². The zero-order chi connectivity index (χ0) is 17.5. The molecule has 5 heterocycles. The summed E-state index contributed by atoms with van der Waals surface area (Å²) in [4.78, 5) is 16.7. The first-order valence-corrected chi connectivity index (χ1v) is 8.60. The maximum absolute atomic E-state index is 6.92. The average molecular weight is 361 g/mol. The topological polar surface area (TPSA) is 94.5 Å². The zero-order valence-electron chi connectivity index (χ0n) is 13.4. The molecule has 1 N–H and O–H groups in total. The van der Waals surface area contributed by atoms with Crippen LogP contribution in [0, 0.1) is 6.57 Å². The maximum atomic E-state index is 6.92. The number of hydrogen-bond donors (Lipinski definition) is 1. The fourth-order valence-corrected chi connectivity index (χ4v) is 3.78. The lowest BCUT2D eigenvalue weighted by Gasteiger charge is -2.00. The molecule has 10 heteroatoms. The SMILES string of the molecule is [C-]#[N+]Cn1cc(-c2cnc3nnn(Cc4cc5[nH]ccc5s4)c3n2)cn1. The summed E-state index contributed by atoms with van der Waals surface area (Å²) in [7, 11) is 0. The molecule has 0 amide bonds. The summed E-state index contributed by atoms with van der Waals surface area (Å²) in [6, 6.07) is 4.17. The van der Waals surface area contributed by atoms with Crippen molar-refractivity contribution in [2.75, 3.05) is 0 Å². The molecule has 9 nitrogen and oxygen atoms in total. The first-order valence-electron chi connectivity index (χ1n) is 7.78. The van der Waals surface area contributed by atoms with Gasteiger partial charge in [-0.1, -0.05) is 5.21 Å². The summed E-state index contributed by atoms with van der Waals surface area (Å²) in [5.74, 6) is 0.